The number of aryl methyl sites for hydroxylation is 2. The van der Waals surface area contributed by atoms with E-state index in [1.54, 1.807) is 16.4 Å². The number of benzene rings is 2. The topological polar surface area (TPSA) is 74.1 Å². The molecule has 0 radical (unpaired) electrons. The lowest BCUT2D eigenvalue weighted by atomic mass is 10.1. The van der Waals surface area contributed by atoms with Gasteiger partial charge in [-0.1, -0.05) is 42.1 Å². The minimum atomic E-state index is 0.526. The average Bonchev–Trinajstić information content (AvgIpc) is 3.13. The van der Waals surface area contributed by atoms with Gasteiger partial charge in [-0.15, -0.1) is 5.10 Å². The number of rotatable bonds is 11. The Bertz CT molecular complexity index is 916. The van der Waals surface area contributed by atoms with Gasteiger partial charge in [0.2, 0.25) is 5.16 Å². The highest BCUT2D eigenvalue weighted by atomic mass is 32.2. The van der Waals surface area contributed by atoms with Gasteiger partial charge >= 0.3 is 0 Å². The van der Waals surface area contributed by atoms with E-state index in [1.165, 1.54) is 11.1 Å². The minimum Gasteiger partial charge on any atom is -0.490 e. The largest absolute Gasteiger partial charge is 0.490 e. The molecule has 0 fully saturated rings. The van der Waals surface area contributed by atoms with Crippen molar-refractivity contribution in [2.45, 2.75) is 32.2 Å². The Morgan fingerprint density at radius 3 is 2.72 bits per heavy atom. The summed E-state index contributed by atoms with van der Waals surface area (Å²) in [5.74, 6) is 2.44. The fraction of sp³-hybridized carbons (Fsp3) is 0.381. The molecule has 29 heavy (non-hydrogen) atoms. The van der Waals surface area contributed by atoms with Crippen molar-refractivity contribution < 1.29 is 9.47 Å². The van der Waals surface area contributed by atoms with Gasteiger partial charge in [-0.05, 0) is 53.1 Å². The van der Waals surface area contributed by atoms with Crippen molar-refractivity contribution in [1.82, 2.24) is 25.5 Å². The van der Waals surface area contributed by atoms with Crippen LogP contribution in [0.25, 0.3) is 0 Å². The quantitative estimate of drug-likeness (QED) is 0.381. The van der Waals surface area contributed by atoms with E-state index in [1.807, 2.05) is 38.2 Å². The van der Waals surface area contributed by atoms with Crippen LogP contribution in [0.15, 0.2) is 47.6 Å². The van der Waals surface area contributed by atoms with Crippen molar-refractivity contribution in [3.05, 3.63) is 59.2 Å². The Kier molecular flexibility index (Phi) is 7.89. The second kappa shape index (κ2) is 10.8. The zero-order valence-corrected chi connectivity index (χ0v) is 17.9. The van der Waals surface area contributed by atoms with E-state index < -0.39 is 0 Å². The SMILES string of the molecule is CCOc1cc(CNCCSc2nnnn2C)ccc1OCc1ccccc1C. The molecule has 0 amide bonds. The van der Waals surface area contributed by atoms with E-state index >= 15 is 0 Å². The van der Waals surface area contributed by atoms with Crippen LogP contribution in [0, 0.1) is 6.92 Å². The van der Waals surface area contributed by atoms with Gasteiger partial charge in [0.25, 0.3) is 0 Å². The molecule has 0 saturated carbocycles. The van der Waals surface area contributed by atoms with Crippen molar-refractivity contribution in [2.24, 2.45) is 7.05 Å². The summed E-state index contributed by atoms with van der Waals surface area (Å²) >= 11 is 1.63. The summed E-state index contributed by atoms with van der Waals surface area (Å²) in [5.41, 5.74) is 3.56. The first-order valence-corrected chi connectivity index (χ1v) is 10.6. The first-order valence-electron chi connectivity index (χ1n) is 9.66. The number of nitrogens with zero attached hydrogens (tertiary/aromatic N) is 4. The van der Waals surface area contributed by atoms with Crippen LogP contribution in [0.1, 0.15) is 23.6 Å². The molecule has 3 rings (SSSR count). The molecule has 0 unspecified atom stereocenters. The molecule has 1 heterocycles. The lowest BCUT2D eigenvalue weighted by molar-refractivity contribution is 0.268. The number of nitrogens with one attached hydrogen (secondary N) is 1. The Balaban J connectivity index is 1.51. The van der Waals surface area contributed by atoms with Crippen LogP contribution in [0.3, 0.4) is 0 Å². The van der Waals surface area contributed by atoms with Crippen LogP contribution in [0.4, 0.5) is 0 Å². The zero-order valence-electron chi connectivity index (χ0n) is 17.1. The van der Waals surface area contributed by atoms with Gasteiger partial charge in [-0.25, -0.2) is 4.68 Å². The number of tetrazole rings is 1. The Morgan fingerprint density at radius 2 is 1.97 bits per heavy atom. The molecule has 7 nitrogen and oxygen atoms in total. The first-order chi connectivity index (χ1) is 14.2. The molecule has 8 heteroatoms. The zero-order chi connectivity index (χ0) is 20.5. The molecule has 0 saturated heterocycles. The number of aromatic nitrogens is 4. The van der Waals surface area contributed by atoms with Crippen LogP contribution >= 0.6 is 11.8 Å². The van der Waals surface area contributed by atoms with Gasteiger partial charge in [-0.3, -0.25) is 0 Å². The van der Waals surface area contributed by atoms with Gasteiger partial charge in [0, 0.05) is 25.9 Å². The molecule has 3 aromatic rings. The molecule has 0 aliphatic heterocycles. The van der Waals surface area contributed by atoms with Crippen molar-refractivity contribution in [1.29, 1.82) is 0 Å². The standard InChI is InChI=1S/C21H27N5O2S/c1-4-27-20-13-17(14-22-11-12-29-21-23-24-25-26(21)3)9-10-19(20)28-15-18-8-6-5-7-16(18)2/h5-10,13,22H,4,11-12,14-15H2,1-3H3. The molecular weight excluding hydrogens is 386 g/mol. The molecular formula is C21H27N5O2S. The lowest BCUT2D eigenvalue weighted by Gasteiger charge is -2.14. The van der Waals surface area contributed by atoms with Crippen LogP contribution < -0.4 is 14.8 Å². The molecule has 0 aliphatic rings. The fourth-order valence-electron chi connectivity index (χ4n) is 2.77. The van der Waals surface area contributed by atoms with Crippen LogP contribution in [-0.2, 0) is 20.2 Å². The number of ether oxygens (including phenoxy) is 2. The number of hydrogen-bond donors (Lipinski definition) is 1. The summed E-state index contributed by atoms with van der Waals surface area (Å²) in [6.45, 7) is 6.81. The molecule has 1 N–H and O–H groups in total. The van der Waals surface area contributed by atoms with Crippen molar-refractivity contribution in [3.63, 3.8) is 0 Å². The van der Waals surface area contributed by atoms with E-state index in [0.717, 1.165) is 41.1 Å². The van der Waals surface area contributed by atoms with E-state index in [-0.39, 0.29) is 0 Å². The highest BCUT2D eigenvalue weighted by molar-refractivity contribution is 7.99. The fourth-order valence-corrected chi connectivity index (χ4v) is 3.51. The summed E-state index contributed by atoms with van der Waals surface area (Å²) < 4.78 is 13.5. The number of hydrogen-bond acceptors (Lipinski definition) is 7. The molecule has 2 aromatic carbocycles. The van der Waals surface area contributed by atoms with Gasteiger partial charge in [0.1, 0.15) is 6.61 Å². The third-order valence-corrected chi connectivity index (χ3v) is 5.39. The highest BCUT2D eigenvalue weighted by Gasteiger charge is 2.08. The van der Waals surface area contributed by atoms with E-state index in [0.29, 0.717) is 13.2 Å². The summed E-state index contributed by atoms with van der Waals surface area (Å²) in [6.07, 6.45) is 0. The van der Waals surface area contributed by atoms with Crippen LogP contribution in [-0.4, -0.2) is 39.1 Å². The van der Waals surface area contributed by atoms with E-state index in [4.69, 9.17) is 9.47 Å². The third-order valence-electron chi connectivity index (χ3n) is 4.37. The van der Waals surface area contributed by atoms with Gasteiger partial charge in [-0.2, -0.15) is 0 Å². The summed E-state index contributed by atoms with van der Waals surface area (Å²) in [4.78, 5) is 0. The second-order valence-electron chi connectivity index (χ2n) is 6.54. The predicted molar refractivity (Wildman–Crippen MR) is 114 cm³/mol. The van der Waals surface area contributed by atoms with Crippen molar-refractivity contribution in [2.75, 3.05) is 18.9 Å². The molecule has 0 spiro atoms. The maximum absolute atomic E-state index is 6.04. The number of thioether (sulfide) groups is 1. The molecule has 0 aliphatic carbocycles. The Morgan fingerprint density at radius 1 is 1.10 bits per heavy atom. The predicted octanol–water partition coefficient (Wildman–Crippen LogP) is 3.38. The Hall–Kier alpha value is -2.58. The van der Waals surface area contributed by atoms with Gasteiger partial charge < -0.3 is 14.8 Å². The van der Waals surface area contributed by atoms with E-state index in [2.05, 4.69) is 46.0 Å². The highest BCUT2D eigenvalue weighted by Crippen LogP contribution is 2.29. The summed E-state index contributed by atoms with van der Waals surface area (Å²) in [6, 6.07) is 14.4. The van der Waals surface area contributed by atoms with Crippen molar-refractivity contribution >= 4 is 11.8 Å². The monoisotopic (exact) mass is 413 g/mol. The average molecular weight is 414 g/mol. The summed E-state index contributed by atoms with van der Waals surface area (Å²) in [7, 11) is 1.84. The molecule has 0 atom stereocenters. The molecule has 154 valence electrons. The maximum atomic E-state index is 6.04. The van der Waals surface area contributed by atoms with Crippen LogP contribution in [0.2, 0.25) is 0 Å². The summed E-state index contributed by atoms with van der Waals surface area (Å²) in [5, 5.41) is 15.7. The smallest absolute Gasteiger partial charge is 0.209 e. The minimum absolute atomic E-state index is 0.526. The third kappa shape index (κ3) is 6.20. The Labute approximate surface area is 175 Å². The molecule has 0 bridgehead atoms. The molecule has 1 aromatic heterocycles. The van der Waals surface area contributed by atoms with Crippen molar-refractivity contribution in [3.8, 4) is 11.5 Å². The van der Waals surface area contributed by atoms with Gasteiger partial charge in [0.05, 0.1) is 6.61 Å². The first kappa shape index (κ1) is 21.1. The lowest BCUT2D eigenvalue weighted by Crippen LogP contribution is -2.17. The van der Waals surface area contributed by atoms with E-state index in [9.17, 15) is 0 Å². The second-order valence-corrected chi connectivity index (χ2v) is 7.60. The van der Waals surface area contributed by atoms with Crippen LogP contribution in [0.5, 0.6) is 11.5 Å². The maximum Gasteiger partial charge on any atom is 0.209 e. The van der Waals surface area contributed by atoms with Gasteiger partial charge in [0.15, 0.2) is 11.5 Å². The normalized spacial score (nSPS) is 10.9.